The molecule has 0 aromatic heterocycles. The summed E-state index contributed by atoms with van der Waals surface area (Å²) in [5.41, 5.74) is 2.07. The summed E-state index contributed by atoms with van der Waals surface area (Å²) in [5, 5.41) is 21.7. The zero-order chi connectivity index (χ0) is 22.3. The SMILES string of the molecule is C[C@]12CC[C@H](O)C[C@@H]1CC[C@@H]1[C@@H]2CC[C@@]2(C)[C@H]1CC[C@@]21N=C(Cc2ccc(F)cc2)[C@H]1O. The van der Waals surface area contributed by atoms with Crippen molar-refractivity contribution in [2.75, 3.05) is 0 Å². The Morgan fingerprint density at radius 3 is 2.44 bits per heavy atom. The number of halogens is 1. The van der Waals surface area contributed by atoms with Gasteiger partial charge in [0.15, 0.2) is 0 Å². The number of fused-ring (bicyclic) bond motifs is 6. The third-order valence-corrected chi connectivity index (χ3v) is 11.3. The molecule has 0 amide bonds. The maximum atomic E-state index is 13.3. The van der Waals surface area contributed by atoms with E-state index in [-0.39, 0.29) is 22.9 Å². The Bertz CT molecular complexity index is 930. The standard InChI is InChI=1S/C28H38FNO2/c1-26-12-9-20(31)16-18(26)5-8-21-22(26)10-13-27(2)23(21)11-14-28(27)25(32)24(30-28)15-17-3-6-19(29)7-4-17/h3-4,6-7,18,20-23,25,31-32H,5,8-16H2,1-2H3/t18-,20-,21+,22-,23-,25+,26-,27-,28-/m0/s1. The molecular formula is C28H38FNO2. The number of hydrogen-bond acceptors (Lipinski definition) is 3. The van der Waals surface area contributed by atoms with Gasteiger partial charge in [-0.15, -0.1) is 0 Å². The molecule has 0 unspecified atom stereocenters. The number of aliphatic hydroxyl groups is 2. The van der Waals surface area contributed by atoms with E-state index in [2.05, 4.69) is 13.8 Å². The van der Waals surface area contributed by atoms with Crippen molar-refractivity contribution in [3.8, 4) is 0 Å². The molecular weight excluding hydrogens is 401 g/mol. The molecule has 2 N–H and O–H groups in total. The Morgan fingerprint density at radius 2 is 1.69 bits per heavy atom. The monoisotopic (exact) mass is 439 g/mol. The van der Waals surface area contributed by atoms with Gasteiger partial charge in [0.2, 0.25) is 0 Å². The van der Waals surface area contributed by atoms with Crippen LogP contribution in [0.5, 0.6) is 0 Å². The molecule has 1 aliphatic heterocycles. The summed E-state index contributed by atoms with van der Waals surface area (Å²) < 4.78 is 13.3. The molecule has 0 saturated heterocycles. The third kappa shape index (κ3) is 2.75. The van der Waals surface area contributed by atoms with E-state index in [9.17, 15) is 14.6 Å². The topological polar surface area (TPSA) is 52.8 Å². The van der Waals surface area contributed by atoms with E-state index in [0.29, 0.717) is 23.7 Å². The Labute approximate surface area is 191 Å². The van der Waals surface area contributed by atoms with E-state index in [4.69, 9.17) is 4.99 Å². The normalized spacial score (nSPS) is 49.6. The van der Waals surface area contributed by atoms with E-state index in [0.717, 1.165) is 48.8 Å². The van der Waals surface area contributed by atoms with Gasteiger partial charge in [-0.2, -0.15) is 0 Å². The minimum Gasteiger partial charge on any atom is -0.393 e. The van der Waals surface area contributed by atoms with E-state index in [1.165, 1.54) is 44.2 Å². The minimum absolute atomic E-state index is 0.0806. The first-order chi connectivity index (χ1) is 15.3. The molecule has 1 heterocycles. The van der Waals surface area contributed by atoms with E-state index in [1.54, 1.807) is 12.1 Å². The second-order valence-corrected chi connectivity index (χ2v) is 12.3. The summed E-state index contributed by atoms with van der Waals surface area (Å²) in [6.07, 6.45) is 10.4. The van der Waals surface area contributed by atoms with Gasteiger partial charge < -0.3 is 10.2 Å². The van der Waals surface area contributed by atoms with Crippen molar-refractivity contribution < 1.29 is 14.6 Å². The average Bonchev–Trinajstić information content (AvgIpc) is 3.10. The Kier molecular flexibility index (Phi) is 4.74. The molecule has 0 radical (unpaired) electrons. The van der Waals surface area contributed by atoms with Crippen LogP contribution >= 0.6 is 0 Å². The molecule has 174 valence electrons. The summed E-state index contributed by atoms with van der Waals surface area (Å²) in [4.78, 5) is 5.19. The van der Waals surface area contributed by atoms with Crippen LogP contribution in [0.25, 0.3) is 0 Å². The first kappa shape index (κ1) is 21.3. The Balaban J connectivity index is 1.25. The molecule has 32 heavy (non-hydrogen) atoms. The van der Waals surface area contributed by atoms with Gasteiger partial charge in [0.05, 0.1) is 11.6 Å². The molecule has 3 nitrogen and oxygen atoms in total. The second kappa shape index (κ2) is 7.12. The van der Waals surface area contributed by atoms with Gasteiger partial charge in [-0.05, 0) is 110 Å². The molecule has 1 aromatic carbocycles. The van der Waals surface area contributed by atoms with Crippen LogP contribution in [0.2, 0.25) is 0 Å². The number of benzene rings is 1. The maximum absolute atomic E-state index is 13.3. The van der Waals surface area contributed by atoms with Crippen LogP contribution in [-0.4, -0.2) is 33.7 Å². The van der Waals surface area contributed by atoms with Gasteiger partial charge >= 0.3 is 0 Å². The fourth-order valence-corrected chi connectivity index (χ4v) is 9.46. The van der Waals surface area contributed by atoms with Crippen molar-refractivity contribution in [3.63, 3.8) is 0 Å². The van der Waals surface area contributed by atoms with Crippen molar-refractivity contribution in [1.82, 2.24) is 0 Å². The number of nitrogens with zero attached hydrogens (tertiary/aromatic N) is 1. The lowest BCUT2D eigenvalue weighted by atomic mass is 9.43. The van der Waals surface area contributed by atoms with Crippen LogP contribution in [0.3, 0.4) is 0 Å². The van der Waals surface area contributed by atoms with Gasteiger partial charge in [0.1, 0.15) is 11.9 Å². The maximum Gasteiger partial charge on any atom is 0.123 e. The number of aliphatic imine (C=N–C) groups is 1. The lowest BCUT2D eigenvalue weighted by Gasteiger charge is -2.63. The van der Waals surface area contributed by atoms with Gasteiger partial charge in [-0.3, -0.25) is 4.99 Å². The third-order valence-electron chi connectivity index (χ3n) is 11.3. The van der Waals surface area contributed by atoms with Crippen molar-refractivity contribution in [1.29, 1.82) is 0 Å². The molecule has 4 saturated carbocycles. The molecule has 1 aromatic rings. The molecule has 9 atom stereocenters. The largest absolute Gasteiger partial charge is 0.393 e. The van der Waals surface area contributed by atoms with E-state index in [1.807, 2.05) is 0 Å². The summed E-state index contributed by atoms with van der Waals surface area (Å²) >= 11 is 0. The lowest BCUT2D eigenvalue weighted by molar-refractivity contribution is -0.136. The van der Waals surface area contributed by atoms with Crippen LogP contribution in [0.15, 0.2) is 29.3 Å². The zero-order valence-corrected chi connectivity index (χ0v) is 19.6. The van der Waals surface area contributed by atoms with Crippen molar-refractivity contribution in [3.05, 3.63) is 35.6 Å². The van der Waals surface area contributed by atoms with Crippen molar-refractivity contribution in [2.45, 2.75) is 95.8 Å². The minimum atomic E-state index is -0.462. The zero-order valence-electron chi connectivity index (χ0n) is 19.6. The fourth-order valence-electron chi connectivity index (χ4n) is 9.46. The number of aliphatic hydroxyl groups excluding tert-OH is 2. The highest BCUT2D eigenvalue weighted by Crippen LogP contribution is 2.70. The first-order valence-electron chi connectivity index (χ1n) is 13.0. The highest BCUT2D eigenvalue weighted by atomic mass is 19.1. The van der Waals surface area contributed by atoms with Crippen LogP contribution in [-0.2, 0) is 6.42 Å². The lowest BCUT2D eigenvalue weighted by Crippen LogP contribution is -2.65. The molecule has 1 spiro atoms. The van der Waals surface area contributed by atoms with E-state index < -0.39 is 6.10 Å². The van der Waals surface area contributed by atoms with Gasteiger partial charge in [-0.25, -0.2) is 4.39 Å². The Morgan fingerprint density at radius 1 is 0.938 bits per heavy atom. The summed E-state index contributed by atoms with van der Waals surface area (Å²) in [5.74, 6) is 2.62. The Hall–Kier alpha value is -1.26. The van der Waals surface area contributed by atoms with Crippen LogP contribution in [0.1, 0.15) is 77.2 Å². The van der Waals surface area contributed by atoms with Crippen LogP contribution < -0.4 is 0 Å². The molecule has 4 heteroatoms. The van der Waals surface area contributed by atoms with Crippen molar-refractivity contribution >= 4 is 5.71 Å². The van der Waals surface area contributed by atoms with Gasteiger partial charge in [0.25, 0.3) is 0 Å². The smallest absolute Gasteiger partial charge is 0.123 e. The quantitative estimate of drug-likeness (QED) is 0.655. The molecule has 4 fully saturated rings. The predicted molar refractivity (Wildman–Crippen MR) is 124 cm³/mol. The number of rotatable bonds is 2. The summed E-state index contributed by atoms with van der Waals surface area (Å²) in [7, 11) is 0. The highest BCUT2D eigenvalue weighted by Gasteiger charge is 2.69. The van der Waals surface area contributed by atoms with Gasteiger partial charge in [-0.1, -0.05) is 26.0 Å². The number of hydrogen-bond donors (Lipinski definition) is 2. The first-order valence-corrected chi connectivity index (χ1v) is 13.0. The molecule has 6 rings (SSSR count). The van der Waals surface area contributed by atoms with Crippen molar-refractivity contribution in [2.24, 2.45) is 39.5 Å². The van der Waals surface area contributed by atoms with Gasteiger partial charge in [0, 0.05) is 12.1 Å². The average molecular weight is 440 g/mol. The predicted octanol–water partition coefficient (Wildman–Crippen LogP) is 5.33. The molecule has 5 aliphatic rings. The van der Waals surface area contributed by atoms with E-state index >= 15 is 0 Å². The van der Waals surface area contributed by atoms with Crippen LogP contribution in [0.4, 0.5) is 4.39 Å². The summed E-state index contributed by atoms with van der Waals surface area (Å²) in [6.45, 7) is 4.96. The summed E-state index contributed by atoms with van der Waals surface area (Å²) in [6, 6.07) is 6.60. The molecule has 0 bridgehead atoms. The van der Waals surface area contributed by atoms with Crippen LogP contribution in [0, 0.1) is 40.3 Å². The fraction of sp³-hybridized carbons (Fsp3) is 0.750. The molecule has 4 aliphatic carbocycles. The second-order valence-electron chi connectivity index (χ2n) is 12.3. The highest BCUT2D eigenvalue weighted by molar-refractivity contribution is 5.97.